The number of fused-ring (bicyclic) bond motifs is 5. The number of rotatable bonds is 0. The molecule has 0 saturated heterocycles. The maximum Gasteiger partial charge on any atom is 0.155 e. The van der Waals surface area contributed by atoms with Crippen molar-refractivity contribution in [1.29, 1.82) is 0 Å². The first-order valence-corrected chi connectivity index (χ1v) is 8.71. The summed E-state index contributed by atoms with van der Waals surface area (Å²) in [6, 6.07) is 0. The predicted octanol–water partition coefficient (Wildman–Crippen LogP) is 3.12. The summed E-state index contributed by atoms with van der Waals surface area (Å²) in [5, 5.41) is 0. The highest BCUT2D eigenvalue weighted by atomic mass is 16.1. The molecule has 6 atom stereocenters. The van der Waals surface area contributed by atoms with Gasteiger partial charge in [0.15, 0.2) is 5.78 Å². The van der Waals surface area contributed by atoms with Crippen LogP contribution < -0.4 is 0 Å². The van der Waals surface area contributed by atoms with Crippen molar-refractivity contribution in [2.45, 2.75) is 52.4 Å². The first-order valence-electron chi connectivity index (χ1n) is 8.71. The topological polar surface area (TPSA) is 51.2 Å². The zero-order valence-corrected chi connectivity index (χ0v) is 13.4. The second-order valence-corrected chi connectivity index (χ2v) is 8.24. The molecule has 4 aliphatic carbocycles. The molecule has 3 saturated carbocycles. The van der Waals surface area contributed by atoms with Crippen LogP contribution in [-0.4, -0.2) is 17.3 Å². The Morgan fingerprint density at radius 2 is 1.91 bits per heavy atom. The molecule has 0 amide bonds. The maximum atomic E-state index is 12.9. The Bertz CT molecular complexity index is 602. The maximum absolute atomic E-state index is 12.9. The highest BCUT2D eigenvalue weighted by Gasteiger charge is 2.60. The standard InChI is InChI=1S/C19H24O3/c1-10-7-11-8-12(20)3-4-13(11)18-15(21)9-19(2)14(17(10)18)5-6-16(19)22/h8,10,13-14,17-18H,3-7,9H2,1-2H3/t10?,13?,14?,17?,18?,19-/m0/s1. The minimum atomic E-state index is -0.405. The van der Waals surface area contributed by atoms with E-state index in [9.17, 15) is 14.4 Å². The lowest BCUT2D eigenvalue weighted by molar-refractivity contribution is -0.148. The van der Waals surface area contributed by atoms with Crippen molar-refractivity contribution in [3.8, 4) is 0 Å². The Morgan fingerprint density at radius 1 is 1.14 bits per heavy atom. The molecule has 22 heavy (non-hydrogen) atoms. The van der Waals surface area contributed by atoms with Crippen LogP contribution in [0.25, 0.3) is 0 Å². The quantitative estimate of drug-likeness (QED) is 0.690. The van der Waals surface area contributed by atoms with E-state index < -0.39 is 5.41 Å². The van der Waals surface area contributed by atoms with Crippen molar-refractivity contribution >= 4 is 17.3 Å². The molecule has 0 aromatic heterocycles. The second kappa shape index (κ2) is 4.62. The Labute approximate surface area is 131 Å². The van der Waals surface area contributed by atoms with Gasteiger partial charge in [-0.05, 0) is 49.0 Å². The molecule has 0 N–H and O–H groups in total. The van der Waals surface area contributed by atoms with Crippen molar-refractivity contribution in [3.63, 3.8) is 0 Å². The van der Waals surface area contributed by atoms with Crippen LogP contribution in [0.1, 0.15) is 52.4 Å². The number of carbonyl (C=O) groups excluding carboxylic acids is 3. The van der Waals surface area contributed by atoms with Gasteiger partial charge >= 0.3 is 0 Å². The highest BCUT2D eigenvalue weighted by Crippen LogP contribution is 2.60. The van der Waals surface area contributed by atoms with Gasteiger partial charge in [-0.2, -0.15) is 0 Å². The van der Waals surface area contributed by atoms with Gasteiger partial charge < -0.3 is 0 Å². The largest absolute Gasteiger partial charge is 0.299 e. The lowest BCUT2D eigenvalue weighted by Crippen LogP contribution is -2.53. The molecule has 0 bridgehead atoms. The molecule has 0 aromatic rings. The number of allylic oxidation sites excluding steroid dienone is 1. The van der Waals surface area contributed by atoms with Crippen LogP contribution in [0.15, 0.2) is 11.6 Å². The molecule has 5 unspecified atom stereocenters. The predicted molar refractivity (Wildman–Crippen MR) is 82.0 cm³/mol. The lowest BCUT2D eigenvalue weighted by Gasteiger charge is -2.53. The molecular formula is C19H24O3. The minimum absolute atomic E-state index is 0.0621. The minimum Gasteiger partial charge on any atom is -0.299 e. The first kappa shape index (κ1) is 14.3. The van der Waals surface area contributed by atoms with Gasteiger partial charge in [0.25, 0.3) is 0 Å². The van der Waals surface area contributed by atoms with Crippen molar-refractivity contribution in [2.24, 2.45) is 35.0 Å². The van der Waals surface area contributed by atoms with Gasteiger partial charge in [-0.25, -0.2) is 0 Å². The monoisotopic (exact) mass is 300 g/mol. The third kappa shape index (κ3) is 1.77. The van der Waals surface area contributed by atoms with E-state index in [-0.39, 0.29) is 23.4 Å². The highest BCUT2D eigenvalue weighted by molar-refractivity contribution is 5.96. The van der Waals surface area contributed by atoms with E-state index in [1.54, 1.807) is 0 Å². The van der Waals surface area contributed by atoms with Gasteiger partial charge in [-0.1, -0.05) is 19.4 Å². The van der Waals surface area contributed by atoms with Crippen LogP contribution in [0.2, 0.25) is 0 Å². The third-order valence-corrected chi connectivity index (χ3v) is 7.10. The molecular weight excluding hydrogens is 276 g/mol. The Morgan fingerprint density at radius 3 is 2.68 bits per heavy atom. The molecule has 0 radical (unpaired) electrons. The average molecular weight is 300 g/mol. The van der Waals surface area contributed by atoms with Crippen LogP contribution in [0.3, 0.4) is 0 Å². The fourth-order valence-electron chi connectivity index (χ4n) is 6.13. The zero-order valence-electron chi connectivity index (χ0n) is 13.4. The van der Waals surface area contributed by atoms with E-state index >= 15 is 0 Å². The number of Topliss-reactive ketones (excluding diaryl/α,β-unsaturated/α-hetero) is 2. The normalized spacial score (nSPS) is 47.6. The van der Waals surface area contributed by atoms with Crippen molar-refractivity contribution in [3.05, 3.63) is 11.6 Å². The van der Waals surface area contributed by atoms with Crippen molar-refractivity contribution < 1.29 is 14.4 Å². The fraction of sp³-hybridized carbons (Fsp3) is 0.737. The third-order valence-electron chi connectivity index (χ3n) is 7.10. The summed E-state index contributed by atoms with van der Waals surface area (Å²) in [7, 11) is 0. The summed E-state index contributed by atoms with van der Waals surface area (Å²) >= 11 is 0. The van der Waals surface area contributed by atoms with Gasteiger partial charge in [-0.3, -0.25) is 14.4 Å². The van der Waals surface area contributed by atoms with E-state index in [1.165, 1.54) is 5.57 Å². The average Bonchev–Trinajstić information content (AvgIpc) is 2.74. The van der Waals surface area contributed by atoms with Crippen LogP contribution in [0.5, 0.6) is 0 Å². The molecule has 3 heteroatoms. The Hall–Kier alpha value is -1.25. The smallest absolute Gasteiger partial charge is 0.155 e. The molecule has 0 heterocycles. The van der Waals surface area contributed by atoms with Crippen molar-refractivity contribution in [2.75, 3.05) is 0 Å². The molecule has 3 nitrogen and oxygen atoms in total. The van der Waals surface area contributed by atoms with Gasteiger partial charge in [0.05, 0.1) is 0 Å². The zero-order chi connectivity index (χ0) is 15.6. The molecule has 118 valence electrons. The summed E-state index contributed by atoms with van der Waals surface area (Å²) < 4.78 is 0. The van der Waals surface area contributed by atoms with Crippen molar-refractivity contribution in [1.82, 2.24) is 0 Å². The second-order valence-electron chi connectivity index (χ2n) is 8.24. The Kier molecular flexibility index (Phi) is 3.02. The molecule has 4 aliphatic rings. The lowest BCUT2D eigenvalue weighted by atomic mass is 9.49. The number of ketones is 3. The summed E-state index contributed by atoms with van der Waals surface area (Å²) in [4.78, 5) is 37.1. The van der Waals surface area contributed by atoms with E-state index in [1.807, 2.05) is 13.0 Å². The van der Waals surface area contributed by atoms with Crippen LogP contribution in [0.4, 0.5) is 0 Å². The fourth-order valence-corrected chi connectivity index (χ4v) is 6.13. The number of hydrogen-bond donors (Lipinski definition) is 0. The molecule has 3 fully saturated rings. The van der Waals surface area contributed by atoms with Crippen LogP contribution in [0, 0.1) is 35.0 Å². The van der Waals surface area contributed by atoms with E-state index in [2.05, 4.69) is 6.92 Å². The Balaban J connectivity index is 1.76. The molecule has 0 aliphatic heterocycles. The first-order chi connectivity index (χ1) is 10.4. The van der Waals surface area contributed by atoms with Gasteiger partial charge in [0, 0.05) is 30.6 Å². The summed E-state index contributed by atoms with van der Waals surface area (Å²) in [5.74, 6) is 2.26. The summed E-state index contributed by atoms with van der Waals surface area (Å²) in [5.41, 5.74) is 0.810. The van der Waals surface area contributed by atoms with Gasteiger partial charge in [0.2, 0.25) is 0 Å². The summed E-state index contributed by atoms with van der Waals surface area (Å²) in [6.07, 6.45) is 6.21. The summed E-state index contributed by atoms with van der Waals surface area (Å²) in [6.45, 7) is 4.25. The molecule has 4 rings (SSSR count). The number of hydrogen-bond acceptors (Lipinski definition) is 3. The van der Waals surface area contributed by atoms with E-state index in [0.717, 1.165) is 19.3 Å². The van der Waals surface area contributed by atoms with Gasteiger partial charge in [0.1, 0.15) is 11.6 Å². The van der Waals surface area contributed by atoms with Crippen LogP contribution >= 0.6 is 0 Å². The molecule has 0 aromatic carbocycles. The van der Waals surface area contributed by atoms with Crippen LogP contribution in [-0.2, 0) is 14.4 Å². The SMILES string of the molecule is CC1CC2=CC(=O)CCC2C2C(=O)C[C@]3(C)C(=O)CCC3C12. The van der Waals surface area contributed by atoms with E-state index in [4.69, 9.17) is 0 Å². The van der Waals surface area contributed by atoms with E-state index in [0.29, 0.717) is 42.8 Å². The molecule has 0 spiro atoms. The number of carbonyl (C=O) groups is 3. The van der Waals surface area contributed by atoms with Gasteiger partial charge in [-0.15, -0.1) is 0 Å².